The lowest BCUT2D eigenvalue weighted by Gasteiger charge is -2.10. The van der Waals surface area contributed by atoms with Crippen LogP contribution in [0.2, 0.25) is 10.0 Å². The van der Waals surface area contributed by atoms with E-state index in [1.165, 1.54) is 36.1 Å². The van der Waals surface area contributed by atoms with E-state index in [4.69, 9.17) is 28.9 Å². The molecule has 3 aromatic rings. The van der Waals surface area contributed by atoms with E-state index in [0.717, 1.165) is 0 Å². The average molecular weight is 432 g/mol. The third-order valence-corrected chi connectivity index (χ3v) is 4.41. The van der Waals surface area contributed by atoms with Crippen LogP contribution in [0.4, 0.5) is 5.69 Å². The first-order valence-electron chi connectivity index (χ1n) is 8.27. The molecule has 1 aromatic heterocycles. The smallest absolute Gasteiger partial charge is 0.272 e. The van der Waals surface area contributed by atoms with Crippen molar-refractivity contribution in [2.75, 3.05) is 12.4 Å². The second-order valence-corrected chi connectivity index (χ2v) is 6.79. The largest absolute Gasteiger partial charge is 0.364 e. The first-order chi connectivity index (χ1) is 13.8. The van der Waals surface area contributed by atoms with Crippen LogP contribution in [-0.4, -0.2) is 34.3 Å². The Morgan fingerprint density at radius 1 is 1.00 bits per heavy atom. The summed E-state index contributed by atoms with van der Waals surface area (Å²) in [5.41, 5.74) is 6.64. The molecule has 3 rings (SSSR count). The maximum absolute atomic E-state index is 12.4. The zero-order valence-electron chi connectivity index (χ0n) is 15.1. The summed E-state index contributed by atoms with van der Waals surface area (Å²) in [4.78, 5) is 40.1. The van der Waals surface area contributed by atoms with Crippen molar-refractivity contribution in [2.24, 2.45) is 5.73 Å². The number of hydrogen-bond donors (Lipinski definition) is 3. The van der Waals surface area contributed by atoms with Crippen LogP contribution in [0.25, 0.3) is 5.69 Å². The van der Waals surface area contributed by atoms with Crippen molar-refractivity contribution in [1.29, 1.82) is 0 Å². The van der Waals surface area contributed by atoms with Gasteiger partial charge in [-0.3, -0.25) is 19.0 Å². The minimum absolute atomic E-state index is 0.0466. The first kappa shape index (κ1) is 20.4. The van der Waals surface area contributed by atoms with Gasteiger partial charge in [0, 0.05) is 34.0 Å². The average Bonchev–Trinajstić information content (AvgIpc) is 3.12. The summed E-state index contributed by atoms with van der Waals surface area (Å²) in [5, 5.41) is 5.83. The SMILES string of the molecule is CNC(=O)c1ncn(-c2ccc(NC(=O)c3cc(Cl)cc(Cl)c3)cc2)c1C(N)=O. The molecule has 0 aliphatic carbocycles. The number of primary amides is 1. The third-order valence-electron chi connectivity index (χ3n) is 3.97. The fraction of sp³-hybridized carbons (Fsp3) is 0.0526. The molecule has 0 saturated heterocycles. The van der Waals surface area contributed by atoms with Crippen molar-refractivity contribution >= 4 is 46.6 Å². The topological polar surface area (TPSA) is 119 Å². The monoisotopic (exact) mass is 431 g/mol. The molecule has 10 heteroatoms. The van der Waals surface area contributed by atoms with Crippen molar-refractivity contribution < 1.29 is 14.4 Å². The van der Waals surface area contributed by atoms with Gasteiger partial charge >= 0.3 is 0 Å². The van der Waals surface area contributed by atoms with Crippen molar-refractivity contribution in [3.8, 4) is 5.69 Å². The number of amides is 3. The Kier molecular flexibility index (Phi) is 5.86. The minimum atomic E-state index is -0.795. The number of carbonyl (C=O) groups is 3. The molecule has 1 heterocycles. The number of nitrogens with one attached hydrogen (secondary N) is 2. The molecular formula is C19H15Cl2N5O3. The number of hydrogen-bond acceptors (Lipinski definition) is 4. The highest BCUT2D eigenvalue weighted by molar-refractivity contribution is 6.35. The van der Waals surface area contributed by atoms with Gasteiger partial charge in [0.2, 0.25) is 0 Å². The van der Waals surface area contributed by atoms with Gasteiger partial charge in [-0.05, 0) is 42.5 Å². The lowest BCUT2D eigenvalue weighted by atomic mass is 10.2. The summed E-state index contributed by atoms with van der Waals surface area (Å²) in [6.45, 7) is 0. The van der Waals surface area contributed by atoms with Gasteiger partial charge in [-0.25, -0.2) is 4.98 Å². The van der Waals surface area contributed by atoms with Gasteiger partial charge in [-0.1, -0.05) is 23.2 Å². The Bertz CT molecular complexity index is 1090. The number of rotatable bonds is 5. The normalized spacial score (nSPS) is 10.4. The molecule has 3 amide bonds. The number of carbonyl (C=O) groups excluding carboxylic acids is 3. The molecule has 0 saturated carbocycles. The predicted octanol–water partition coefficient (Wildman–Crippen LogP) is 2.89. The van der Waals surface area contributed by atoms with Crippen molar-refractivity contribution in [2.45, 2.75) is 0 Å². The molecule has 2 aromatic carbocycles. The van der Waals surface area contributed by atoms with E-state index in [-0.39, 0.29) is 17.3 Å². The second-order valence-electron chi connectivity index (χ2n) is 5.91. The second kappa shape index (κ2) is 8.34. The number of benzene rings is 2. The highest BCUT2D eigenvalue weighted by Gasteiger charge is 2.22. The van der Waals surface area contributed by atoms with E-state index in [9.17, 15) is 14.4 Å². The number of aromatic nitrogens is 2. The Labute approximate surface area is 175 Å². The van der Waals surface area contributed by atoms with Crippen LogP contribution in [0.15, 0.2) is 48.8 Å². The molecule has 0 aliphatic heterocycles. The number of imidazole rings is 1. The first-order valence-corrected chi connectivity index (χ1v) is 9.03. The van der Waals surface area contributed by atoms with E-state index in [1.807, 2.05) is 0 Å². The van der Waals surface area contributed by atoms with Gasteiger partial charge in [0.1, 0.15) is 12.0 Å². The molecule has 0 bridgehead atoms. The summed E-state index contributed by atoms with van der Waals surface area (Å²) in [6, 6.07) is 11.1. The Morgan fingerprint density at radius 2 is 1.62 bits per heavy atom. The summed E-state index contributed by atoms with van der Waals surface area (Å²) >= 11 is 11.8. The molecule has 8 nitrogen and oxygen atoms in total. The number of nitrogens with two attached hydrogens (primary N) is 1. The Morgan fingerprint density at radius 3 is 2.17 bits per heavy atom. The Balaban J connectivity index is 1.86. The fourth-order valence-corrected chi connectivity index (χ4v) is 3.18. The summed E-state index contributed by atoms with van der Waals surface area (Å²) in [7, 11) is 1.43. The van der Waals surface area contributed by atoms with Crippen LogP contribution in [0.5, 0.6) is 0 Å². The van der Waals surface area contributed by atoms with Gasteiger partial charge in [0.15, 0.2) is 5.69 Å². The predicted molar refractivity (Wildman–Crippen MR) is 110 cm³/mol. The molecule has 0 unspecified atom stereocenters. The highest BCUT2D eigenvalue weighted by Crippen LogP contribution is 2.21. The van der Waals surface area contributed by atoms with Crippen LogP contribution < -0.4 is 16.4 Å². The minimum Gasteiger partial charge on any atom is -0.364 e. The lowest BCUT2D eigenvalue weighted by Crippen LogP contribution is -2.25. The number of anilines is 1. The maximum Gasteiger partial charge on any atom is 0.272 e. The zero-order chi connectivity index (χ0) is 21.1. The lowest BCUT2D eigenvalue weighted by molar-refractivity contribution is 0.0937. The zero-order valence-corrected chi connectivity index (χ0v) is 16.6. The molecule has 0 radical (unpaired) electrons. The van der Waals surface area contributed by atoms with E-state index >= 15 is 0 Å². The summed E-state index contributed by atoms with van der Waals surface area (Å²) < 4.78 is 1.40. The number of halogens is 2. The molecule has 148 valence electrons. The van der Waals surface area contributed by atoms with Crippen LogP contribution in [0.3, 0.4) is 0 Å². The maximum atomic E-state index is 12.4. The van der Waals surface area contributed by atoms with Crippen LogP contribution in [-0.2, 0) is 0 Å². The van der Waals surface area contributed by atoms with Crippen molar-refractivity contribution in [3.63, 3.8) is 0 Å². The molecule has 0 atom stereocenters. The van der Waals surface area contributed by atoms with Gasteiger partial charge in [-0.2, -0.15) is 0 Å². The summed E-state index contributed by atoms with van der Waals surface area (Å²) in [6.07, 6.45) is 1.33. The standard InChI is InChI=1S/C19H15Cl2N5O3/c1-23-19(29)15-16(17(22)27)26(9-24-15)14-4-2-13(3-5-14)25-18(28)10-6-11(20)8-12(21)7-10/h2-9H,1H3,(H2,22,27)(H,23,29)(H,25,28). The van der Waals surface area contributed by atoms with Gasteiger partial charge in [0.25, 0.3) is 17.7 Å². The molecule has 0 fully saturated rings. The van der Waals surface area contributed by atoms with E-state index < -0.39 is 11.8 Å². The Hall–Kier alpha value is -3.36. The van der Waals surface area contributed by atoms with E-state index in [1.54, 1.807) is 24.3 Å². The van der Waals surface area contributed by atoms with Crippen LogP contribution >= 0.6 is 23.2 Å². The van der Waals surface area contributed by atoms with E-state index in [0.29, 0.717) is 27.0 Å². The molecule has 29 heavy (non-hydrogen) atoms. The molecule has 0 spiro atoms. The number of nitrogens with zero attached hydrogens (tertiary/aromatic N) is 2. The fourth-order valence-electron chi connectivity index (χ4n) is 2.66. The third kappa shape index (κ3) is 4.39. The van der Waals surface area contributed by atoms with E-state index in [2.05, 4.69) is 15.6 Å². The summed E-state index contributed by atoms with van der Waals surface area (Å²) in [5.74, 6) is -1.71. The molecule has 0 aliphatic rings. The van der Waals surface area contributed by atoms with Gasteiger partial charge in [0.05, 0.1) is 0 Å². The van der Waals surface area contributed by atoms with Crippen molar-refractivity contribution in [1.82, 2.24) is 14.9 Å². The molecular weight excluding hydrogens is 417 g/mol. The van der Waals surface area contributed by atoms with Crippen molar-refractivity contribution in [3.05, 3.63) is 75.8 Å². The quantitative estimate of drug-likeness (QED) is 0.574. The van der Waals surface area contributed by atoms with Gasteiger partial charge < -0.3 is 16.4 Å². The molecule has 4 N–H and O–H groups in total. The van der Waals surface area contributed by atoms with Crippen LogP contribution in [0, 0.1) is 0 Å². The highest BCUT2D eigenvalue weighted by atomic mass is 35.5. The van der Waals surface area contributed by atoms with Gasteiger partial charge in [-0.15, -0.1) is 0 Å². The van der Waals surface area contributed by atoms with Crippen LogP contribution in [0.1, 0.15) is 31.3 Å².